The van der Waals surface area contributed by atoms with Crippen LogP contribution in [0.2, 0.25) is 0 Å². The molecule has 0 aromatic carbocycles. The Morgan fingerprint density at radius 2 is 2.38 bits per heavy atom. The van der Waals surface area contributed by atoms with Gasteiger partial charge >= 0.3 is 0 Å². The van der Waals surface area contributed by atoms with Gasteiger partial charge in [0.15, 0.2) is 0 Å². The van der Waals surface area contributed by atoms with Crippen molar-refractivity contribution in [2.24, 2.45) is 5.73 Å². The molecule has 3 heterocycles. The maximum absolute atomic E-state index is 6.10. The number of ether oxygens (including phenoxy) is 1. The number of furan rings is 1. The first-order valence-corrected chi connectivity index (χ1v) is 5.01. The minimum atomic E-state index is -0.644. The van der Waals surface area contributed by atoms with Gasteiger partial charge in [0.2, 0.25) is 11.7 Å². The van der Waals surface area contributed by atoms with Crippen molar-refractivity contribution in [3.63, 3.8) is 0 Å². The van der Waals surface area contributed by atoms with E-state index in [0.717, 1.165) is 5.56 Å². The lowest BCUT2D eigenvalue weighted by Crippen LogP contribution is -2.37. The van der Waals surface area contributed by atoms with Gasteiger partial charge in [0.25, 0.3) is 0 Å². The molecule has 1 aliphatic rings. The van der Waals surface area contributed by atoms with Crippen LogP contribution in [0.25, 0.3) is 11.4 Å². The zero-order valence-electron chi connectivity index (χ0n) is 8.55. The molecule has 16 heavy (non-hydrogen) atoms. The van der Waals surface area contributed by atoms with Crippen LogP contribution >= 0.6 is 0 Å². The van der Waals surface area contributed by atoms with Crippen molar-refractivity contribution in [1.82, 2.24) is 10.1 Å². The Hall–Kier alpha value is -1.66. The van der Waals surface area contributed by atoms with Crippen LogP contribution in [-0.4, -0.2) is 23.4 Å². The third kappa shape index (κ3) is 1.43. The largest absolute Gasteiger partial charge is 0.472 e. The molecule has 6 heteroatoms. The molecule has 0 radical (unpaired) electrons. The molecule has 84 valence electrons. The van der Waals surface area contributed by atoms with Crippen molar-refractivity contribution in [3.05, 3.63) is 24.5 Å². The minimum Gasteiger partial charge on any atom is -0.472 e. The van der Waals surface area contributed by atoms with Crippen LogP contribution in [0, 0.1) is 0 Å². The van der Waals surface area contributed by atoms with Crippen molar-refractivity contribution >= 4 is 0 Å². The Morgan fingerprint density at radius 3 is 3.06 bits per heavy atom. The van der Waals surface area contributed by atoms with Gasteiger partial charge in [0.1, 0.15) is 11.8 Å². The summed E-state index contributed by atoms with van der Waals surface area (Å²) in [7, 11) is 0. The predicted molar refractivity (Wildman–Crippen MR) is 53.3 cm³/mol. The van der Waals surface area contributed by atoms with Gasteiger partial charge in [-0.05, 0) is 12.5 Å². The fraction of sp³-hybridized carbons (Fsp3) is 0.400. The number of rotatable bonds is 2. The summed E-state index contributed by atoms with van der Waals surface area (Å²) in [4.78, 5) is 4.26. The molecule has 1 atom stereocenters. The number of aromatic nitrogens is 2. The Labute approximate surface area is 91.4 Å². The smallest absolute Gasteiger partial charge is 0.249 e. The quantitative estimate of drug-likeness (QED) is 0.810. The van der Waals surface area contributed by atoms with E-state index in [2.05, 4.69) is 10.1 Å². The third-order valence-electron chi connectivity index (χ3n) is 2.68. The number of hydrogen-bond donors (Lipinski definition) is 1. The molecule has 1 aliphatic heterocycles. The predicted octanol–water partition coefficient (Wildman–Crippen LogP) is 0.904. The summed E-state index contributed by atoms with van der Waals surface area (Å²) >= 11 is 0. The third-order valence-corrected chi connectivity index (χ3v) is 2.68. The average Bonchev–Trinajstić information content (AvgIpc) is 2.98. The van der Waals surface area contributed by atoms with Gasteiger partial charge in [-0.2, -0.15) is 4.98 Å². The highest BCUT2D eigenvalue weighted by atomic mass is 16.5. The Kier molecular flexibility index (Phi) is 2.05. The number of hydrogen-bond acceptors (Lipinski definition) is 6. The topological polar surface area (TPSA) is 87.3 Å². The van der Waals surface area contributed by atoms with Gasteiger partial charge < -0.3 is 19.4 Å². The van der Waals surface area contributed by atoms with Gasteiger partial charge in [-0.15, -0.1) is 0 Å². The second kappa shape index (κ2) is 3.43. The van der Waals surface area contributed by atoms with Gasteiger partial charge in [-0.3, -0.25) is 0 Å². The van der Waals surface area contributed by atoms with Crippen LogP contribution in [0.15, 0.2) is 27.5 Å². The van der Waals surface area contributed by atoms with E-state index in [0.29, 0.717) is 31.3 Å². The van der Waals surface area contributed by atoms with Crippen LogP contribution < -0.4 is 5.73 Å². The molecule has 0 aliphatic carbocycles. The zero-order valence-corrected chi connectivity index (χ0v) is 8.55. The molecule has 0 bridgehead atoms. The summed E-state index contributed by atoms with van der Waals surface area (Å²) < 4.78 is 15.4. The molecule has 1 unspecified atom stereocenters. The molecular weight excluding hydrogens is 210 g/mol. The monoisotopic (exact) mass is 221 g/mol. The lowest BCUT2D eigenvalue weighted by Gasteiger charge is -2.14. The first-order chi connectivity index (χ1) is 7.78. The van der Waals surface area contributed by atoms with E-state index in [1.165, 1.54) is 0 Å². The molecular formula is C10H11N3O3. The Balaban J connectivity index is 1.93. The van der Waals surface area contributed by atoms with E-state index < -0.39 is 5.54 Å². The summed E-state index contributed by atoms with van der Waals surface area (Å²) in [6.07, 6.45) is 3.81. The summed E-state index contributed by atoms with van der Waals surface area (Å²) in [5.41, 5.74) is 6.23. The van der Waals surface area contributed by atoms with E-state index in [-0.39, 0.29) is 0 Å². The molecule has 6 nitrogen and oxygen atoms in total. The first-order valence-electron chi connectivity index (χ1n) is 5.01. The normalized spacial score (nSPS) is 25.1. The highest BCUT2D eigenvalue weighted by Gasteiger charge is 2.38. The average molecular weight is 221 g/mol. The molecule has 1 fully saturated rings. The van der Waals surface area contributed by atoms with Gasteiger partial charge in [-0.1, -0.05) is 5.16 Å². The zero-order chi connectivity index (χ0) is 11.0. The molecule has 0 saturated carbocycles. The van der Waals surface area contributed by atoms with Gasteiger partial charge in [0, 0.05) is 6.61 Å². The van der Waals surface area contributed by atoms with Crippen molar-refractivity contribution < 1.29 is 13.7 Å². The summed E-state index contributed by atoms with van der Waals surface area (Å²) in [6.45, 7) is 1.04. The highest BCUT2D eigenvalue weighted by Crippen LogP contribution is 2.28. The lowest BCUT2D eigenvalue weighted by atomic mass is 10.0. The maximum atomic E-state index is 6.10. The van der Waals surface area contributed by atoms with Crippen molar-refractivity contribution in [3.8, 4) is 11.4 Å². The van der Waals surface area contributed by atoms with Crippen LogP contribution in [0.5, 0.6) is 0 Å². The maximum Gasteiger partial charge on any atom is 0.249 e. The molecule has 0 spiro atoms. The van der Waals surface area contributed by atoms with E-state index in [1.807, 2.05) is 0 Å². The SMILES string of the molecule is NC1(c2nc(-c3ccoc3)no2)CCOC1. The molecule has 0 amide bonds. The molecule has 3 rings (SSSR count). The van der Waals surface area contributed by atoms with Crippen LogP contribution in [0.1, 0.15) is 12.3 Å². The van der Waals surface area contributed by atoms with Crippen molar-refractivity contribution in [2.45, 2.75) is 12.0 Å². The van der Waals surface area contributed by atoms with E-state index in [4.69, 9.17) is 19.4 Å². The fourth-order valence-corrected chi connectivity index (χ4v) is 1.68. The van der Waals surface area contributed by atoms with Crippen LogP contribution in [-0.2, 0) is 10.3 Å². The second-order valence-electron chi connectivity index (χ2n) is 3.89. The van der Waals surface area contributed by atoms with Crippen LogP contribution in [0.4, 0.5) is 0 Å². The Morgan fingerprint density at radius 1 is 1.44 bits per heavy atom. The Bertz CT molecular complexity index is 471. The van der Waals surface area contributed by atoms with E-state index in [9.17, 15) is 0 Å². The van der Waals surface area contributed by atoms with Gasteiger partial charge in [-0.25, -0.2) is 0 Å². The molecule has 1 saturated heterocycles. The summed E-state index contributed by atoms with van der Waals surface area (Å²) in [5.74, 6) is 0.904. The highest BCUT2D eigenvalue weighted by molar-refractivity contribution is 5.51. The summed E-state index contributed by atoms with van der Waals surface area (Å²) in [5, 5.41) is 3.87. The fourth-order valence-electron chi connectivity index (χ4n) is 1.68. The van der Waals surface area contributed by atoms with Gasteiger partial charge in [0.05, 0.1) is 18.4 Å². The van der Waals surface area contributed by atoms with Crippen LogP contribution in [0.3, 0.4) is 0 Å². The second-order valence-corrected chi connectivity index (χ2v) is 3.89. The first kappa shape index (κ1) is 9.56. The van der Waals surface area contributed by atoms with E-state index >= 15 is 0 Å². The summed E-state index contributed by atoms with van der Waals surface area (Å²) in [6, 6.07) is 1.77. The lowest BCUT2D eigenvalue weighted by molar-refractivity contribution is 0.166. The van der Waals surface area contributed by atoms with Crippen molar-refractivity contribution in [1.29, 1.82) is 0 Å². The number of nitrogens with two attached hydrogens (primary N) is 1. The molecule has 2 aromatic heterocycles. The standard InChI is InChI=1S/C10H11N3O3/c11-10(2-4-15-6-10)9-12-8(13-16-9)7-1-3-14-5-7/h1,3,5H,2,4,6,11H2. The number of nitrogens with zero attached hydrogens (tertiary/aromatic N) is 2. The molecule has 2 N–H and O–H groups in total. The molecule has 2 aromatic rings. The minimum absolute atomic E-state index is 0.417. The van der Waals surface area contributed by atoms with Crippen molar-refractivity contribution in [2.75, 3.05) is 13.2 Å². The van der Waals surface area contributed by atoms with E-state index in [1.54, 1.807) is 18.6 Å².